The number of carbonyl (C=O) groups is 3. The summed E-state index contributed by atoms with van der Waals surface area (Å²) in [6.45, 7) is 0.896. The molecule has 0 bridgehead atoms. The fraction of sp³-hybridized carbons (Fsp3) is 0.286. The van der Waals surface area contributed by atoms with Crippen LogP contribution in [0.3, 0.4) is 0 Å². The van der Waals surface area contributed by atoms with Crippen molar-refractivity contribution < 1.29 is 29.0 Å². The molecule has 0 radical (unpaired) electrons. The van der Waals surface area contributed by atoms with Crippen LogP contribution in [-0.4, -0.2) is 41.8 Å². The monoisotopic (exact) mass is 400 g/mol. The molecule has 3 N–H and O–H groups in total. The first-order chi connectivity index (χ1) is 14.0. The molecule has 154 valence electrons. The second-order valence-electron chi connectivity index (χ2n) is 6.26. The van der Waals surface area contributed by atoms with Crippen LogP contribution in [0.4, 0.5) is 4.79 Å². The van der Waals surface area contributed by atoms with Gasteiger partial charge in [0, 0.05) is 0 Å². The fourth-order valence-electron chi connectivity index (χ4n) is 2.33. The number of aliphatic hydroxyl groups excluding tert-OH is 1. The minimum Gasteiger partial charge on any atom is -0.459 e. The van der Waals surface area contributed by atoms with Crippen LogP contribution >= 0.6 is 0 Å². The minimum atomic E-state index is -1.26. The first-order valence-corrected chi connectivity index (χ1v) is 9.08. The lowest BCUT2D eigenvalue weighted by Gasteiger charge is -2.19. The predicted octanol–water partition coefficient (Wildman–Crippen LogP) is 1.52. The number of benzene rings is 2. The first-order valence-electron chi connectivity index (χ1n) is 9.08. The second-order valence-corrected chi connectivity index (χ2v) is 6.26. The summed E-state index contributed by atoms with van der Waals surface area (Å²) in [5, 5.41) is 14.1. The standard InChI is InChI=1S/C21H24N2O6/c1-15(20(26)28-13-16-8-4-2-5-9-16)22-19(25)18(12-24)23-21(27)29-14-17-10-6-3-7-11-17/h2-11,15,18,24H,12-14H2,1H3,(H,22,25)(H,23,27)/t15-,18-/m1/s1. The third-order valence-corrected chi connectivity index (χ3v) is 3.94. The van der Waals surface area contributed by atoms with Gasteiger partial charge in [-0.25, -0.2) is 9.59 Å². The van der Waals surface area contributed by atoms with Gasteiger partial charge in [0.25, 0.3) is 0 Å². The van der Waals surface area contributed by atoms with E-state index in [1.807, 2.05) is 36.4 Å². The summed E-state index contributed by atoms with van der Waals surface area (Å²) in [5.74, 6) is -1.36. The number of carbonyl (C=O) groups excluding carboxylic acids is 3. The quantitative estimate of drug-likeness (QED) is 0.550. The highest BCUT2D eigenvalue weighted by atomic mass is 16.5. The number of amides is 2. The number of rotatable bonds is 9. The molecule has 0 fully saturated rings. The summed E-state index contributed by atoms with van der Waals surface area (Å²) in [5.41, 5.74) is 1.60. The second kappa shape index (κ2) is 11.5. The van der Waals surface area contributed by atoms with Crippen molar-refractivity contribution in [2.75, 3.05) is 6.61 Å². The summed E-state index contributed by atoms with van der Waals surface area (Å²) in [7, 11) is 0. The summed E-state index contributed by atoms with van der Waals surface area (Å²) in [4.78, 5) is 36.1. The van der Waals surface area contributed by atoms with Crippen LogP contribution in [0.1, 0.15) is 18.1 Å². The Morgan fingerprint density at radius 3 is 1.90 bits per heavy atom. The van der Waals surface area contributed by atoms with Crippen LogP contribution in [0.25, 0.3) is 0 Å². The van der Waals surface area contributed by atoms with Crippen molar-refractivity contribution in [2.45, 2.75) is 32.2 Å². The SMILES string of the molecule is C[C@@H](NC(=O)[C@@H](CO)NC(=O)OCc1ccccc1)C(=O)OCc1ccccc1. The summed E-state index contributed by atoms with van der Waals surface area (Å²) in [6, 6.07) is 15.9. The van der Waals surface area contributed by atoms with E-state index in [1.165, 1.54) is 6.92 Å². The fourth-order valence-corrected chi connectivity index (χ4v) is 2.33. The number of hydrogen-bond donors (Lipinski definition) is 3. The molecule has 0 heterocycles. The van der Waals surface area contributed by atoms with Crippen molar-refractivity contribution >= 4 is 18.0 Å². The normalized spacial score (nSPS) is 12.3. The average molecular weight is 400 g/mol. The molecule has 8 heteroatoms. The van der Waals surface area contributed by atoms with E-state index in [1.54, 1.807) is 24.3 Å². The Balaban J connectivity index is 1.76. The van der Waals surface area contributed by atoms with Crippen LogP contribution in [0.5, 0.6) is 0 Å². The Kier molecular flexibility index (Phi) is 8.65. The molecule has 0 spiro atoms. The lowest BCUT2D eigenvalue weighted by Crippen LogP contribution is -2.52. The van der Waals surface area contributed by atoms with E-state index in [4.69, 9.17) is 9.47 Å². The average Bonchev–Trinajstić information content (AvgIpc) is 2.75. The minimum absolute atomic E-state index is 0.0225. The highest BCUT2D eigenvalue weighted by molar-refractivity contribution is 5.89. The third kappa shape index (κ3) is 7.63. The van der Waals surface area contributed by atoms with Crippen LogP contribution in [0.2, 0.25) is 0 Å². The first kappa shape index (κ1) is 21.9. The van der Waals surface area contributed by atoms with Crippen molar-refractivity contribution in [1.29, 1.82) is 0 Å². The third-order valence-electron chi connectivity index (χ3n) is 3.94. The number of aliphatic hydroxyl groups is 1. The van der Waals surface area contributed by atoms with Crippen molar-refractivity contribution in [3.05, 3.63) is 71.8 Å². The lowest BCUT2D eigenvalue weighted by atomic mass is 10.2. The van der Waals surface area contributed by atoms with E-state index in [9.17, 15) is 19.5 Å². The number of alkyl carbamates (subject to hydrolysis) is 1. The van der Waals surface area contributed by atoms with Crippen LogP contribution < -0.4 is 10.6 Å². The van der Waals surface area contributed by atoms with E-state index >= 15 is 0 Å². The van der Waals surface area contributed by atoms with E-state index in [0.29, 0.717) is 0 Å². The molecule has 2 rings (SSSR count). The molecule has 0 aliphatic rings. The van der Waals surface area contributed by atoms with Gasteiger partial charge < -0.3 is 25.2 Å². The Morgan fingerprint density at radius 2 is 1.38 bits per heavy atom. The summed E-state index contributed by atoms with van der Waals surface area (Å²) in [6.07, 6.45) is -0.859. The zero-order chi connectivity index (χ0) is 21.1. The smallest absolute Gasteiger partial charge is 0.408 e. The molecule has 0 aliphatic carbocycles. The largest absolute Gasteiger partial charge is 0.459 e. The van der Waals surface area contributed by atoms with Crippen molar-refractivity contribution in [3.8, 4) is 0 Å². The molecule has 2 amide bonds. The van der Waals surface area contributed by atoms with Crippen molar-refractivity contribution in [2.24, 2.45) is 0 Å². The van der Waals surface area contributed by atoms with Gasteiger partial charge in [-0.05, 0) is 18.1 Å². The van der Waals surface area contributed by atoms with Crippen molar-refractivity contribution in [3.63, 3.8) is 0 Å². The Labute approximate surface area is 168 Å². The maximum absolute atomic E-state index is 12.2. The van der Waals surface area contributed by atoms with Gasteiger partial charge in [-0.15, -0.1) is 0 Å². The predicted molar refractivity (Wildman–Crippen MR) is 104 cm³/mol. The number of esters is 1. The zero-order valence-electron chi connectivity index (χ0n) is 16.0. The number of hydrogen-bond acceptors (Lipinski definition) is 6. The summed E-state index contributed by atoms with van der Waals surface area (Å²) < 4.78 is 10.2. The Bertz CT molecular complexity index is 797. The molecule has 0 unspecified atom stereocenters. The van der Waals surface area contributed by atoms with Crippen LogP contribution in [0.15, 0.2) is 60.7 Å². The molecule has 0 aliphatic heterocycles. The Morgan fingerprint density at radius 1 is 0.862 bits per heavy atom. The lowest BCUT2D eigenvalue weighted by molar-refractivity contribution is -0.148. The van der Waals surface area contributed by atoms with Gasteiger partial charge in [0.15, 0.2) is 0 Å². The highest BCUT2D eigenvalue weighted by Gasteiger charge is 2.25. The topological polar surface area (TPSA) is 114 Å². The van der Waals surface area contributed by atoms with Gasteiger partial charge >= 0.3 is 12.1 Å². The molecule has 2 aromatic carbocycles. The zero-order valence-corrected chi connectivity index (χ0v) is 16.0. The molecular weight excluding hydrogens is 376 g/mol. The molecule has 2 atom stereocenters. The van der Waals surface area contributed by atoms with E-state index in [0.717, 1.165) is 11.1 Å². The van der Waals surface area contributed by atoms with Gasteiger partial charge in [-0.1, -0.05) is 60.7 Å². The van der Waals surface area contributed by atoms with Gasteiger partial charge in [-0.2, -0.15) is 0 Å². The molecule has 8 nitrogen and oxygen atoms in total. The van der Waals surface area contributed by atoms with Gasteiger partial charge in [0.1, 0.15) is 25.3 Å². The molecule has 0 aromatic heterocycles. The van der Waals surface area contributed by atoms with Gasteiger partial charge in [-0.3, -0.25) is 4.79 Å². The van der Waals surface area contributed by atoms with E-state index in [2.05, 4.69) is 10.6 Å². The van der Waals surface area contributed by atoms with Crippen LogP contribution in [-0.2, 0) is 32.3 Å². The van der Waals surface area contributed by atoms with Crippen molar-refractivity contribution in [1.82, 2.24) is 10.6 Å². The van der Waals surface area contributed by atoms with E-state index < -0.39 is 36.7 Å². The molecule has 0 saturated heterocycles. The molecule has 29 heavy (non-hydrogen) atoms. The number of ether oxygens (including phenoxy) is 2. The van der Waals surface area contributed by atoms with E-state index in [-0.39, 0.29) is 13.2 Å². The maximum atomic E-state index is 12.2. The summed E-state index contributed by atoms with van der Waals surface area (Å²) >= 11 is 0. The van der Waals surface area contributed by atoms with Crippen LogP contribution in [0, 0.1) is 0 Å². The van der Waals surface area contributed by atoms with Gasteiger partial charge in [0.05, 0.1) is 6.61 Å². The maximum Gasteiger partial charge on any atom is 0.408 e. The molecule has 2 aromatic rings. The number of nitrogens with one attached hydrogen (secondary N) is 2. The Hall–Kier alpha value is -3.39. The highest BCUT2D eigenvalue weighted by Crippen LogP contribution is 2.03. The molecular formula is C21H24N2O6. The van der Waals surface area contributed by atoms with Gasteiger partial charge in [0.2, 0.25) is 5.91 Å². The molecule has 0 saturated carbocycles.